The Balaban J connectivity index is 3.58. The van der Waals surface area contributed by atoms with Crippen LogP contribution in [-0.4, -0.2) is 35.6 Å². The molecule has 0 aromatic rings. The van der Waals surface area contributed by atoms with E-state index in [9.17, 15) is 0 Å². The van der Waals surface area contributed by atoms with Crippen molar-refractivity contribution in [3.05, 3.63) is 0 Å². The Morgan fingerprint density at radius 3 is 2.40 bits per heavy atom. The van der Waals surface area contributed by atoms with Crippen LogP contribution in [0.15, 0.2) is 5.16 Å². The Labute approximate surface area is 93.1 Å². The van der Waals surface area contributed by atoms with Gasteiger partial charge >= 0.3 is 0 Å². The molecule has 0 amide bonds. The molecule has 4 nitrogen and oxygen atoms in total. The largest absolute Gasteiger partial charge is 0.409 e. The average molecular weight is 215 g/mol. The highest BCUT2D eigenvalue weighted by molar-refractivity contribution is 5.79. The van der Waals surface area contributed by atoms with Crippen LogP contribution < -0.4 is 5.73 Å². The van der Waals surface area contributed by atoms with Gasteiger partial charge in [-0.15, -0.1) is 0 Å². The third-order valence-corrected chi connectivity index (χ3v) is 2.89. The summed E-state index contributed by atoms with van der Waals surface area (Å²) >= 11 is 0. The molecule has 0 radical (unpaired) electrons. The second kappa shape index (κ2) is 8.53. The Kier molecular flexibility index (Phi) is 8.09. The molecule has 0 aromatic heterocycles. The van der Waals surface area contributed by atoms with Crippen molar-refractivity contribution >= 4 is 5.84 Å². The molecule has 0 bridgehead atoms. The van der Waals surface area contributed by atoms with E-state index in [1.807, 2.05) is 0 Å². The van der Waals surface area contributed by atoms with Crippen LogP contribution in [0.2, 0.25) is 0 Å². The van der Waals surface area contributed by atoms with Crippen LogP contribution in [0, 0.1) is 0 Å². The molecular formula is C11H25N3O. The fraction of sp³-hybridized carbons (Fsp3) is 0.909. The van der Waals surface area contributed by atoms with E-state index in [1.54, 1.807) is 0 Å². The lowest BCUT2D eigenvalue weighted by atomic mass is 10.1. The topological polar surface area (TPSA) is 61.8 Å². The number of rotatable bonds is 8. The van der Waals surface area contributed by atoms with E-state index in [4.69, 9.17) is 10.9 Å². The number of hydrogen-bond donors (Lipinski definition) is 2. The van der Waals surface area contributed by atoms with Crippen LogP contribution in [0.25, 0.3) is 0 Å². The molecule has 0 aliphatic heterocycles. The Morgan fingerprint density at radius 2 is 1.93 bits per heavy atom. The quantitative estimate of drug-likeness (QED) is 0.214. The third-order valence-electron chi connectivity index (χ3n) is 2.89. The van der Waals surface area contributed by atoms with Gasteiger partial charge in [0.15, 0.2) is 0 Å². The molecule has 0 aliphatic rings. The van der Waals surface area contributed by atoms with E-state index in [0.717, 1.165) is 19.4 Å². The molecule has 4 heteroatoms. The first-order valence-electron chi connectivity index (χ1n) is 5.82. The summed E-state index contributed by atoms with van der Waals surface area (Å²) < 4.78 is 0. The molecular weight excluding hydrogens is 190 g/mol. The number of nitrogens with zero attached hydrogens (tertiary/aromatic N) is 2. The van der Waals surface area contributed by atoms with Gasteiger partial charge in [-0.1, -0.05) is 19.0 Å². The van der Waals surface area contributed by atoms with Crippen molar-refractivity contribution in [1.82, 2.24) is 4.90 Å². The minimum absolute atomic E-state index is 0.334. The predicted octanol–water partition coefficient (Wildman–Crippen LogP) is 2.02. The van der Waals surface area contributed by atoms with Crippen LogP contribution >= 0.6 is 0 Å². The van der Waals surface area contributed by atoms with Crippen molar-refractivity contribution < 1.29 is 5.21 Å². The van der Waals surface area contributed by atoms with Gasteiger partial charge in [0.1, 0.15) is 5.84 Å². The number of unbranched alkanes of at least 4 members (excludes halogenated alkanes) is 1. The van der Waals surface area contributed by atoms with E-state index in [1.165, 1.54) is 12.8 Å². The molecule has 90 valence electrons. The molecule has 0 saturated heterocycles. The maximum absolute atomic E-state index is 8.36. The molecule has 0 fully saturated rings. The fourth-order valence-electron chi connectivity index (χ4n) is 1.81. The van der Waals surface area contributed by atoms with Crippen LogP contribution in [0.1, 0.15) is 46.0 Å². The second-order valence-electron chi connectivity index (χ2n) is 4.00. The predicted molar refractivity (Wildman–Crippen MR) is 64.3 cm³/mol. The highest BCUT2D eigenvalue weighted by atomic mass is 16.4. The minimum atomic E-state index is 0.334. The SMILES string of the molecule is CCC(CC)N(C)CCCC/C(N)=N/O. The first kappa shape index (κ1) is 14.2. The molecule has 0 heterocycles. The van der Waals surface area contributed by atoms with Crippen LogP contribution in [-0.2, 0) is 0 Å². The normalized spacial score (nSPS) is 12.7. The zero-order valence-electron chi connectivity index (χ0n) is 10.2. The zero-order chi connectivity index (χ0) is 11.7. The van der Waals surface area contributed by atoms with Crippen LogP contribution in [0.3, 0.4) is 0 Å². The number of nitrogens with two attached hydrogens (primary N) is 1. The third kappa shape index (κ3) is 6.33. The van der Waals surface area contributed by atoms with Crippen LogP contribution in [0.5, 0.6) is 0 Å². The van der Waals surface area contributed by atoms with Gasteiger partial charge in [0.25, 0.3) is 0 Å². The summed E-state index contributed by atoms with van der Waals surface area (Å²) in [5.74, 6) is 0.334. The van der Waals surface area contributed by atoms with Gasteiger partial charge in [0.2, 0.25) is 0 Å². The van der Waals surface area contributed by atoms with Gasteiger partial charge in [-0.05, 0) is 39.3 Å². The molecule has 0 aromatic carbocycles. The van der Waals surface area contributed by atoms with E-state index >= 15 is 0 Å². The highest BCUT2D eigenvalue weighted by Crippen LogP contribution is 2.07. The molecule has 0 aliphatic carbocycles. The lowest BCUT2D eigenvalue weighted by Gasteiger charge is -2.25. The monoisotopic (exact) mass is 215 g/mol. The summed E-state index contributed by atoms with van der Waals surface area (Å²) in [6.07, 6.45) is 5.18. The first-order valence-corrected chi connectivity index (χ1v) is 5.82. The Bertz CT molecular complexity index is 179. The van der Waals surface area contributed by atoms with Crippen molar-refractivity contribution in [2.45, 2.75) is 52.0 Å². The van der Waals surface area contributed by atoms with Crippen LogP contribution in [0.4, 0.5) is 0 Å². The van der Waals surface area contributed by atoms with Crippen molar-refractivity contribution in [2.24, 2.45) is 10.9 Å². The lowest BCUT2D eigenvalue weighted by molar-refractivity contribution is 0.226. The number of amidine groups is 1. The van der Waals surface area contributed by atoms with E-state index in [2.05, 4.69) is 31.0 Å². The van der Waals surface area contributed by atoms with E-state index in [0.29, 0.717) is 18.3 Å². The van der Waals surface area contributed by atoms with Crippen molar-refractivity contribution in [2.75, 3.05) is 13.6 Å². The molecule has 15 heavy (non-hydrogen) atoms. The first-order chi connectivity index (χ1) is 7.15. The smallest absolute Gasteiger partial charge is 0.139 e. The summed E-state index contributed by atoms with van der Waals surface area (Å²) in [5, 5.41) is 11.3. The van der Waals surface area contributed by atoms with Gasteiger partial charge in [0.05, 0.1) is 0 Å². The number of hydrogen-bond acceptors (Lipinski definition) is 3. The van der Waals surface area contributed by atoms with Gasteiger partial charge in [-0.2, -0.15) is 0 Å². The van der Waals surface area contributed by atoms with Gasteiger partial charge < -0.3 is 15.8 Å². The van der Waals surface area contributed by atoms with Gasteiger partial charge in [-0.25, -0.2) is 0 Å². The summed E-state index contributed by atoms with van der Waals surface area (Å²) in [5.41, 5.74) is 5.39. The average Bonchev–Trinajstić information content (AvgIpc) is 2.25. The molecule has 0 atom stereocenters. The van der Waals surface area contributed by atoms with Gasteiger partial charge in [-0.3, -0.25) is 0 Å². The summed E-state index contributed by atoms with van der Waals surface area (Å²) in [7, 11) is 2.17. The highest BCUT2D eigenvalue weighted by Gasteiger charge is 2.09. The van der Waals surface area contributed by atoms with Crippen molar-refractivity contribution in [1.29, 1.82) is 0 Å². The fourth-order valence-corrected chi connectivity index (χ4v) is 1.81. The van der Waals surface area contributed by atoms with E-state index in [-0.39, 0.29) is 0 Å². The lowest BCUT2D eigenvalue weighted by Crippen LogP contribution is -2.31. The summed E-state index contributed by atoms with van der Waals surface area (Å²) in [6, 6.07) is 0.689. The summed E-state index contributed by atoms with van der Waals surface area (Å²) in [6.45, 7) is 5.53. The molecule has 0 saturated carbocycles. The van der Waals surface area contributed by atoms with Gasteiger partial charge in [0, 0.05) is 12.5 Å². The zero-order valence-corrected chi connectivity index (χ0v) is 10.2. The maximum Gasteiger partial charge on any atom is 0.139 e. The van der Waals surface area contributed by atoms with E-state index < -0.39 is 0 Å². The Morgan fingerprint density at radius 1 is 1.33 bits per heavy atom. The molecule has 0 unspecified atom stereocenters. The molecule has 0 rings (SSSR count). The Hall–Kier alpha value is -0.770. The minimum Gasteiger partial charge on any atom is -0.409 e. The standard InChI is InChI=1S/C11H25N3O/c1-4-10(5-2)14(3)9-7-6-8-11(12)13-15/h10,15H,4-9H2,1-3H3,(H2,12,13). The maximum atomic E-state index is 8.36. The number of oxime groups is 1. The van der Waals surface area contributed by atoms with Crippen molar-refractivity contribution in [3.8, 4) is 0 Å². The van der Waals surface area contributed by atoms with Crippen molar-refractivity contribution in [3.63, 3.8) is 0 Å². The summed E-state index contributed by atoms with van der Waals surface area (Å²) in [4.78, 5) is 2.40. The second-order valence-corrected chi connectivity index (χ2v) is 4.00. The molecule has 3 N–H and O–H groups in total. The molecule has 0 spiro atoms.